The number of carboxylic acids is 1. The molecule has 20 heavy (non-hydrogen) atoms. The van der Waals surface area contributed by atoms with Crippen molar-refractivity contribution in [2.75, 3.05) is 7.11 Å². The minimum Gasteiger partial charge on any atom is -0.496 e. The van der Waals surface area contributed by atoms with Gasteiger partial charge in [0.1, 0.15) is 23.7 Å². The monoisotopic (exact) mass is 272 g/mol. The van der Waals surface area contributed by atoms with Crippen LogP contribution in [0, 0.1) is 6.92 Å². The first-order valence-electron chi connectivity index (χ1n) is 6.20. The van der Waals surface area contributed by atoms with E-state index in [4.69, 9.17) is 9.47 Å². The van der Waals surface area contributed by atoms with Crippen LogP contribution in [0.4, 0.5) is 0 Å². The Hall–Kier alpha value is -2.49. The van der Waals surface area contributed by atoms with E-state index in [1.165, 1.54) is 0 Å². The van der Waals surface area contributed by atoms with E-state index in [0.717, 1.165) is 16.9 Å². The number of ether oxygens (including phenoxy) is 2. The smallest absolute Gasteiger partial charge is 0.339 e. The highest BCUT2D eigenvalue weighted by atomic mass is 16.5. The normalized spacial score (nSPS) is 10.1. The van der Waals surface area contributed by atoms with Crippen molar-refractivity contribution in [1.82, 2.24) is 0 Å². The highest BCUT2D eigenvalue weighted by Gasteiger charge is 2.12. The van der Waals surface area contributed by atoms with Gasteiger partial charge in [0.2, 0.25) is 0 Å². The van der Waals surface area contributed by atoms with E-state index in [1.54, 1.807) is 19.2 Å². The third-order valence-electron chi connectivity index (χ3n) is 2.94. The number of methoxy groups -OCH3 is 1. The van der Waals surface area contributed by atoms with E-state index < -0.39 is 5.97 Å². The number of hydrogen-bond acceptors (Lipinski definition) is 3. The minimum atomic E-state index is -0.997. The maximum Gasteiger partial charge on any atom is 0.339 e. The lowest BCUT2D eigenvalue weighted by Gasteiger charge is -2.12. The lowest BCUT2D eigenvalue weighted by Crippen LogP contribution is -2.04. The van der Waals surface area contributed by atoms with Gasteiger partial charge in [0.25, 0.3) is 0 Å². The molecule has 0 radical (unpaired) electrons. The summed E-state index contributed by atoms with van der Waals surface area (Å²) < 4.78 is 10.9. The zero-order chi connectivity index (χ0) is 14.5. The van der Waals surface area contributed by atoms with Gasteiger partial charge in [-0.1, -0.05) is 29.8 Å². The van der Waals surface area contributed by atoms with Gasteiger partial charge in [-0.15, -0.1) is 0 Å². The van der Waals surface area contributed by atoms with Gasteiger partial charge in [0.05, 0.1) is 7.11 Å². The summed E-state index contributed by atoms with van der Waals surface area (Å²) >= 11 is 0. The molecule has 1 N–H and O–H groups in total. The minimum absolute atomic E-state index is 0.167. The summed E-state index contributed by atoms with van der Waals surface area (Å²) in [6.45, 7) is 2.10. The highest BCUT2D eigenvalue weighted by molar-refractivity contribution is 5.91. The lowest BCUT2D eigenvalue weighted by molar-refractivity contribution is 0.0691. The molecule has 0 amide bonds. The molecule has 0 saturated carbocycles. The van der Waals surface area contributed by atoms with Crippen LogP contribution in [0.25, 0.3) is 0 Å². The molecule has 2 aromatic carbocycles. The van der Waals surface area contributed by atoms with Crippen LogP contribution in [0.2, 0.25) is 0 Å². The number of aryl methyl sites for hydroxylation is 1. The first-order valence-corrected chi connectivity index (χ1v) is 6.20. The van der Waals surface area contributed by atoms with Crippen molar-refractivity contribution in [3.8, 4) is 11.5 Å². The third-order valence-corrected chi connectivity index (χ3v) is 2.94. The second-order valence-electron chi connectivity index (χ2n) is 4.41. The predicted octanol–water partition coefficient (Wildman–Crippen LogP) is 3.28. The molecule has 0 aliphatic carbocycles. The second kappa shape index (κ2) is 6.10. The van der Waals surface area contributed by atoms with Crippen LogP contribution >= 0.6 is 0 Å². The number of hydrogen-bond donors (Lipinski definition) is 1. The van der Waals surface area contributed by atoms with Gasteiger partial charge in [0.15, 0.2) is 0 Å². The zero-order valence-corrected chi connectivity index (χ0v) is 11.4. The second-order valence-corrected chi connectivity index (χ2v) is 4.41. The van der Waals surface area contributed by atoms with Crippen LogP contribution in [0.15, 0.2) is 42.5 Å². The molecule has 4 nitrogen and oxygen atoms in total. The molecular formula is C16H16O4. The standard InChI is InChI=1S/C16H16O4/c1-11-7-8-15(13(9-11)16(17)18)20-10-12-5-3-4-6-14(12)19-2/h3-9H,10H2,1-2H3,(H,17,18). The Bertz CT molecular complexity index is 620. The Balaban J connectivity index is 2.21. The van der Waals surface area contributed by atoms with E-state index in [9.17, 15) is 9.90 Å². The molecule has 104 valence electrons. The summed E-state index contributed by atoms with van der Waals surface area (Å²) in [7, 11) is 1.59. The van der Waals surface area contributed by atoms with Gasteiger partial charge in [-0.05, 0) is 25.1 Å². The fraction of sp³-hybridized carbons (Fsp3) is 0.188. The number of aromatic carboxylic acids is 1. The Morgan fingerprint density at radius 2 is 1.90 bits per heavy atom. The average molecular weight is 272 g/mol. The van der Waals surface area contributed by atoms with Crippen molar-refractivity contribution in [3.05, 3.63) is 59.2 Å². The van der Waals surface area contributed by atoms with E-state index >= 15 is 0 Å². The van der Waals surface area contributed by atoms with Crippen LogP contribution in [0.1, 0.15) is 21.5 Å². The SMILES string of the molecule is COc1ccccc1COc1ccc(C)cc1C(=O)O. The number of benzene rings is 2. The Labute approximate surface area is 117 Å². The van der Waals surface area contributed by atoms with Crippen LogP contribution in [-0.2, 0) is 6.61 Å². The summed E-state index contributed by atoms with van der Waals surface area (Å²) in [6, 6.07) is 12.6. The van der Waals surface area contributed by atoms with Crippen molar-refractivity contribution in [3.63, 3.8) is 0 Å². The number of para-hydroxylation sites is 1. The number of carbonyl (C=O) groups is 1. The topological polar surface area (TPSA) is 55.8 Å². The van der Waals surface area contributed by atoms with Crippen molar-refractivity contribution in [1.29, 1.82) is 0 Å². The Morgan fingerprint density at radius 1 is 1.15 bits per heavy atom. The summed E-state index contributed by atoms with van der Waals surface area (Å²) in [6.07, 6.45) is 0. The molecule has 0 heterocycles. The zero-order valence-electron chi connectivity index (χ0n) is 11.4. The summed E-state index contributed by atoms with van der Waals surface area (Å²) in [5, 5.41) is 9.18. The van der Waals surface area contributed by atoms with Crippen molar-refractivity contribution in [2.24, 2.45) is 0 Å². The maximum atomic E-state index is 11.2. The van der Waals surface area contributed by atoms with Crippen molar-refractivity contribution in [2.45, 2.75) is 13.5 Å². The van der Waals surface area contributed by atoms with Gasteiger partial charge >= 0.3 is 5.97 Å². The van der Waals surface area contributed by atoms with Gasteiger partial charge in [-0.3, -0.25) is 0 Å². The molecule has 0 fully saturated rings. The first-order chi connectivity index (χ1) is 9.61. The van der Waals surface area contributed by atoms with Crippen LogP contribution in [0.3, 0.4) is 0 Å². The van der Waals surface area contributed by atoms with E-state index in [-0.39, 0.29) is 12.2 Å². The van der Waals surface area contributed by atoms with Crippen LogP contribution < -0.4 is 9.47 Å². The van der Waals surface area contributed by atoms with Crippen molar-refractivity contribution < 1.29 is 19.4 Å². The average Bonchev–Trinajstić information content (AvgIpc) is 2.46. The predicted molar refractivity (Wildman–Crippen MR) is 75.5 cm³/mol. The molecule has 0 saturated heterocycles. The molecule has 0 atom stereocenters. The maximum absolute atomic E-state index is 11.2. The van der Waals surface area contributed by atoms with Crippen molar-refractivity contribution >= 4 is 5.97 Å². The highest BCUT2D eigenvalue weighted by Crippen LogP contribution is 2.24. The lowest BCUT2D eigenvalue weighted by atomic mass is 10.1. The van der Waals surface area contributed by atoms with Gasteiger partial charge in [-0.2, -0.15) is 0 Å². The molecule has 4 heteroatoms. The van der Waals surface area contributed by atoms with Crippen LogP contribution in [-0.4, -0.2) is 18.2 Å². The molecule has 0 unspecified atom stereocenters. The molecule has 0 spiro atoms. The fourth-order valence-electron chi connectivity index (χ4n) is 1.91. The number of rotatable bonds is 5. The fourth-order valence-corrected chi connectivity index (χ4v) is 1.91. The van der Waals surface area contributed by atoms with Gasteiger partial charge in [-0.25, -0.2) is 4.79 Å². The molecule has 0 aliphatic heterocycles. The third kappa shape index (κ3) is 3.09. The molecule has 0 aromatic heterocycles. The molecule has 0 bridgehead atoms. The Morgan fingerprint density at radius 3 is 2.60 bits per heavy atom. The Kier molecular flexibility index (Phi) is 4.25. The summed E-state index contributed by atoms with van der Waals surface area (Å²) in [4.78, 5) is 11.2. The van der Waals surface area contributed by atoms with Gasteiger partial charge < -0.3 is 14.6 Å². The number of carboxylic acid groups (broad SMARTS) is 1. The quantitative estimate of drug-likeness (QED) is 0.907. The molecule has 0 aliphatic rings. The molecular weight excluding hydrogens is 256 g/mol. The van der Waals surface area contributed by atoms with Crippen LogP contribution in [0.5, 0.6) is 11.5 Å². The molecule has 2 aromatic rings. The first kappa shape index (κ1) is 13.9. The largest absolute Gasteiger partial charge is 0.496 e. The van der Waals surface area contributed by atoms with Gasteiger partial charge in [0, 0.05) is 5.56 Å². The van der Waals surface area contributed by atoms with E-state index in [0.29, 0.717) is 5.75 Å². The summed E-state index contributed by atoms with van der Waals surface area (Å²) in [5.41, 5.74) is 1.92. The summed E-state index contributed by atoms with van der Waals surface area (Å²) in [5.74, 6) is 0.0780. The van der Waals surface area contributed by atoms with E-state index in [2.05, 4.69) is 0 Å². The molecule has 2 rings (SSSR count). The van der Waals surface area contributed by atoms with E-state index in [1.807, 2.05) is 37.3 Å².